The second kappa shape index (κ2) is 8.57. The molecule has 1 aromatic heterocycles. The highest BCUT2D eigenvalue weighted by Gasteiger charge is 2.24. The molecule has 0 saturated carbocycles. The Bertz CT molecular complexity index is 394. The summed E-state index contributed by atoms with van der Waals surface area (Å²) < 4.78 is 0. The van der Waals surface area contributed by atoms with Gasteiger partial charge in [0, 0.05) is 56.7 Å². The van der Waals surface area contributed by atoms with Crippen LogP contribution in [-0.4, -0.2) is 55.6 Å². The van der Waals surface area contributed by atoms with E-state index < -0.39 is 0 Å². The summed E-state index contributed by atoms with van der Waals surface area (Å²) in [5, 5.41) is 5.67. The molecule has 1 N–H and O–H groups in total. The molecule has 1 unspecified atom stereocenters. The van der Waals surface area contributed by atoms with Crippen LogP contribution in [-0.2, 0) is 6.42 Å². The minimum Gasteiger partial charge on any atom is -0.314 e. The third-order valence-corrected chi connectivity index (χ3v) is 5.31. The summed E-state index contributed by atoms with van der Waals surface area (Å²) in [5.41, 5.74) is 1.58. The number of hydrogen-bond acceptors (Lipinski definition) is 4. The molecule has 116 valence electrons. The molecule has 0 amide bonds. The SMILES string of the molecule is CC1c2ccsc2CCN1CCN1CCNCC1.Cl.Cl. The molecular weight excluding hydrogens is 313 g/mol. The lowest BCUT2D eigenvalue weighted by Gasteiger charge is -2.36. The Morgan fingerprint density at radius 3 is 2.70 bits per heavy atom. The van der Waals surface area contributed by atoms with Crippen molar-refractivity contribution in [3.05, 3.63) is 21.9 Å². The van der Waals surface area contributed by atoms with Gasteiger partial charge in [-0.05, 0) is 30.4 Å². The molecule has 2 aliphatic rings. The average Bonchev–Trinajstić information content (AvgIpc) is 2.88. The van der Waals surface area contributed by atoms with Crippen LogP contribution >= 0.6 is 36.2 Å². The highest BCUT2D eigenvalue weighted by atomic mass is 35.5. The summed E-state index contributed by atoms with van der Waals surface area (Å²) in [5.74, 6) is 0. The maximum absolute atomic E-state index is 3.42. The first-order chi connectivity index (χ1) is 8.84. The predicted molar refractivity (Wildman–Crippen MR) is 91.8 cm³/mol. The minimum atomic E-state index is 0. The van der Waals surface area contributed by atoms with Crippen LogP contribution in [0.25, 0.3) is 0 Å². The highest BCUT2D eigenvalue weighted by molar-refractivity contribution is 7.10. The maximum atomic E-state index is 3.42. The lowest BCUT2D eigenvalue weighted by atomic mass is 10.0. The first-order valence-electron chi connectivity index (χ1n) is 7.08. The highest BCUT2D eigenvalue weighted by Crippen LogP contribution is 2.32. The van der Waals surface area contributed by atoms with Gasteiger partial charge in [-0.25, -0.2) is 0 Å². The molecule has 1 aromatic rings. The molecule has 3 rings (SSSR count). The minimum absolute atomic E-state index is 0. The van der Waals surface area contributed by atoms with Crippen molar-refractivity contribution in [2.75, 3.05) is 45.8 Å². The van der Waals surface area contributed by atoms with E-state index in [1.807, 2.05) is 11.3 Å². The number of halogens is 2. The fourth-order valence-electron chi connectivity index (χ4n) is 3.07. The lowest BCUT2D eigenvalue weighted by Crippen LogP contribution is -2.47. The Balaban J connectivity index is 0.000001000. The molecule has 6 heteroatoms. The molecule has 0 radical (unpaired) electrons. The van der Waals surface area contributed by atoms with Crippen LogP contribution < -0.4 is 5.32 Å². The zero-order valence-electron chi connectivity index (χ0n) is 12.0. The van der Waals surface area contributed by atoms with Crippen molar-refractivity contribution in [3.63, 3.8) is 0 Å². The average molecular weight is 338 g/mol. The molecule has 0 aliphatic carbocycles. The summed E-state index contributed by atoms with van der Waals surface area (Å²) >= 11 is 1.93. The Labute approximate surface area is 138 Å². The van der Waals surface area contributed by atoms with Crippen LogP contribution in [0.15, 0.2) is 11.4 Å². The van der Waals surface area contributed by atoms with Crippen molar-refractivity contribution in [3.8, 4) is 0 Å². The molecule has 20 heavy (non-hydrogen) atoms. The Morgan fingerprint density at radius 1 is 1.20 bits per heavy atom. The van der Waals surface area contributed by atoms with Gasteiger partial charge in [-0.2, -0.15) is 0 Å². The van der Waals surface area contributed by atoms with Crippen LogP contribution in [0.2, 0.25) is 0 Å². The van der Waals surface area contributed by atoms with Gasteiger partial charge in [0.2, 0.25) is 0 Å². The van der Waals surface area contributed by atoms with E-state index >= 15 is 0 Å². The first kappa shape index (κ1) is 18.2. The van der Waals surface area contributed by atoms with E-state index in [4.69, 9.17) is 0 Å². The first-order valence-corrected chi connectivity index (χ1v) is 7.96. The molecular formula is C14H25Cl2N3S. The van der Waals surface area contributed by atoms with E-state index in [0.717, 1.165) is 13.1 Å². The van der Waals surface area contributed by atoms with Gasteiger partial charge < -0.3 is 5.32 Å². The predicted octanol–water partition coefficient (Wildman–Crippen LogP) is 2.42. The molecule has 0 aromatic carbocycles. The number of rotatable bonds is 3. The smallest absolute Gasteiger partial charge is 0.0331 e. The van der Waals surface area contributed by atoms with Gasteiger partial charge in [0.1, 0.15) is 0 Å². The van der Waals surface area contributed by atoms with E-state index in [2.05, 4.69) is 33.5 Å². The summed E-state index contributed by atoms with van der Waals surface area (Å²) in [7, 11) is 0. The molecule has 3 heterocycles. The van der Waals surface area contributed by atoms with Gasteiger partial charge in [0.05, 0.1) is 0 Å². The third kappa shape index (κ3) is 4.09. The van der Waals surface area contributed by atoms with E-state index in [9.17, 15) is 0 Å². The number of hydrogen-bond donors (Lipinski definition) is 1. The molecule has 1 saturated heterocycles. The zero-order chi connectivity index (χ0) is 12.4. The van der Waals surface area contributed by atoms with Gasteiger partial charge in [-0.15, -0.1) is 36.2 Å². The molecule has 3 nitrogen and oxygen atoms in total. The standard InChI is InChI=1S/C14H23N3S.2ClH/c1-12-13-3-11-18-14(13)2-6-17(12)10-9-16-7-4-15-5-8-16;;/h3,11-12,15H,2,4-10H2,1H3;2*1H. The van der Waals surface area contributed by atoms with Crippen molar-refractivity contribution >= 4 is 36.2 Å². The van der Waals surface area contributed by atoms with Gasteiger partial charge in [0.25, 0.3) is 0 Å². The molecule has 1 atom stereocenters. The fraction of sp³-hybridized carbons (Fsp3) is 0.714. The summed E-state index contributed by atoms with van der Waals surface area (Å²) in [6.45, 7) is 10.8. The molecule has 0 bridgehead atoms. The molecule has 2 aliphatic heterocycles. The second-order valence-electron chi connectivity index (χ2n) is 5.35. The number of nitrogens with zero attached hydrogens (tertiary/aromatic N) is 2. The van der Waals surface area contributed by atoms with Crippen LogP contribution in [0.3, 0.4) is 0 Å². The van der Waals surface area contributed by atoms with E-state index in [1.165, 1.54) is 39.1 Å². The monoisotopic (exact) mass is 337 g/mol. The third-order valence-electron chi connectivity index (χ3n) is 4.32. The molecule has 0 spiro atoms. The van der Waals surface area contributed by atoms with Crippen molar-refractivity contribution < 1.29 is 0 Å². The topological polar surface area (TPSA) is 18.5 Å². The summed E-state index contributed by atoms with van der Waals surface area (Å²) in [6, 6.07) is 2.93. The van der Waals surface area contributed by atoms with Gasteiger partial charge in [0.15, 0.2) is 0 Å². The lowest BCUT2D eigenvalue weighted by molar-refractivity contribution is 0.153. The van der Waals surface area contributed by atoms with Gasteiger partial charge >= 0.3 is 0 Å². The summed E-state index contributed by atoms with van der Waals surface area (Å²) in [6.07, 6.45) is 1.25. The zero-order valence-corrected chi connectivity index (χ0v) is 14.5. The van der Waals surface area contributed by atoms with Crippen LogP contribution in [0, 0.1) is 0 Å². The number of piperazine rings is 1. The van der Waals surface area contributed by atoms with Crippen molar-refractivity contribution in [2.45, 2.75) is 19.4 Å². The fourth-order valence-corrected chi connectivity index (χ4v) is 4.03. The van der Waals surface area contributed by atoms with Gasteiger partial charge in [-0.3, -0.25) is 9.80 Å². The van der Waals surface area contributed by atoms with Crippen molar-refractivity contribution in [2.24, 2.45) is 0 Å². The number of fused-ring (bicyclic) bond motifs is 1. The van der Waals surface area contributed by atoms with Crippen LogP contribution in [0.4, 0.5) is 0 Å². The normalized spacial score (nSPS) is 23.6. The van der Waals surface area contributed by atoms with Crippen LogP contribution in [0.5, 0.6) is 0 Å². The largest absolute Gasteiger partial charge is 0.314 e. The van der Waals surface area contributed by atoms with Crippen molar-refractivity contribution in [1.82, 2.24) is 15.1 Å². The number of nitrogens with one attached hydrogen (secondary N) is 1. The van der Waals surface area contributed by atoms with Crippen LogP contribution in [0.1, 0.15) is 23.4 Å². The van der Waals surface area contributed by atoms with E-state index in [1.54, 1.807) is 10.4 Å². The maximum Gasteiger partial charge on any atom is 0.0331 e. The Kier molecular flexibility index (Phi) is 7.80. The Hall–Kier alpha value is 0.160. The van der Waals surface area contributed by atoms with Gasteiger partial charge in [-0.1, -0.05) is 0 Å². The summed E-state index contributed by atoms with van der Waals surface area (Å²) in [4.78, 5) is 6.85. The van der Waals surface area contributed by atoms with E-state index in [-0.39, 0.29) is 24.8 Å². The second-order valence-corrected chi connectivity index (χ2v) is 6.35. The molecule has 1 fully saturated rings. The quantitative estimate of drug-likeness (QED) is 0.913. The number of thiophene rings is 1. The Morgan fingerprint density at radius 2 is 1.95 bits per heavy atom. The van der Waals surface area contributed by atoms with E-state index in [0.29, 0.717) is 6.04 Å². The van der Waals surface area contributed by atoms with Crippen molar-refractivity contribution in [1.29, 1.82) is 0 Å².